The molecule has 140 valence electrons. The van der Waals surface area contributed by atoms with Crippen LogP contribution >= 0.6 is 0 Å². The maximum absolute atomic E-state index is 14.3. The Balaban J connectivity index is 1.53. The van der Waals surface area contributed by atoms with Crippen molar-refractivity contribution in [3.63, 3.8) is 0 Å². The third-order valence-corrected chi connectivity index (χ3v) is 5.94. The number of benzene rings is 1. The van der Waals surface area contributed by atoms with Crippen molar-refractivity contribution in [1.82, 2.24) is 10.2 Å². The number of likely N-dealkylation sites (tertiary alicyclic amines) is 1. The fourth-order valence-corrected chi connectivity index (χ4v) is 4.73. The standard InChI is InChI=1S/C19H25FN4O2/c1-12-10-13-4-2-3-5-17(13)24(12)19(26)22-16-11-14(6-7-15(16)20)23-9-8-21-18(23)25/h6-7,11-13,17H,2-5,8-10H2,1H3,(H,21,25)(H,22,26). The molecule has 1 aromatic carbocycles. The molecule has 0 aromatic heterocycles. The van der Waals surface area contributed by atoms with Crippen LogP contribution < -0.4 is 15.5 Å². The SMILES string of the molecule is CC1CC2CCCCC2N1C(=O)Nc1cc(N2CCNC2=O)ccc1F. The number of halogens is 1. The van der Waals surface area contributed by atoms with Gasteiger partial charge in [-0.25, -0.2) is 14.0 Å². The first-order valence-electron chi connectivity index (χ1n) is 9.49. The summed E-state index contributed by atoms with van der Waals surface area (Å²) in [6.45, 7) is 3.16. The summed E-state index contributed by atoms with van der Waals surface area (Å²) in [4.78, 5) is 28.2. The van der Waals surface area contributed by atoms with Crippen LogP contribution in [0.25, 0.3) is 0 Å². The Hall–Kier alpha value is -2.31. The zero-order valence-electron chi connectivity index (χ0n) is 15.0. The fraction of sp³-hybridized carbons (Fsp3) is 0.579. The van der Waals surface area contributed by atoms with Crippen LogP contribution in [0.4, 0.5) is 25.4 Å². The van der Waals surface area contributed by atoms with Crippen LogP contribution in [0.2, 0.25) is 0 Å². The predicted molar refractivity (Wildman–Crippen MR) is 97.8 cm³/mol. The monoisotopic (exact) mass is 360 g/mol. The van der Waals surface area contributed by atoms with Gasteiger partial charge in [-0.1, -0.05) is 12.8 Å². The minimum Gasteiger partial charge on any atom is -0.336 e. The molecular weight excluding hydrogens is 335 g/mol. The van der Waals surface area contributed by atoms with Crippen molar-refractivity contribution in [1.29, 1.82) is 0 Å². The molecule has 1 aromatic rings. The first-order chi connectivity index (χ1) is 12.5. The number of urea groups is 2. The van der Waals surface area contributed by atoms with Gasteiger partial charge in [-0.3, -0.25) is 4.90 Å². The van der Waals surface area contributed by atoms with E-state index >= 15 is 0 Å². The van der Waals surface area contributed by atoms with E-state index in [2.05, 4.69) is 17.6 Å². The van der Waals surface area contributed by atoms with Crippen LogP contribution in [-0.4, -0.2) is 42.1 Å². The minimum atomic E-state index is -0.492. The van der Waals surface area contributed by atoms with E-state index in [4.69, 9.17) is 0 Å². The number of rotatable bonds is 2. The molecule has 0 radical (unpaired) electrons. The van der Waals surface area contributed by atoms with Crippen molar-refractivity contribution >= 4 is 23.4 Å². The minimum absolute atomic E-state index is 0.124. The molecule has 26 heavy (non-hydrogen) atoms. The van der Waals surface area contributed by atoms with Crippen LogP contribution in [0.5, 0.6) is 0 Å². The number of hydrogen-bond acceptors (Lipinski definition) is 2. The lowest BCUT2D eigenvalue weighted by molar-refractivity contribution is 0.168. The van der Waals surface area contributed by atoms with Crippen LogP contribution in [0.15, 0.2) is 18.2 Å². The number of carbonyl (C=O) groups is 2. The average Bonchev–Trinajstić information content (AvgIpc) is 3.19. The summed E-state index contributed by atoms with van der Waals surface area (Å²) in [7, 11) is 0. The van der Waals surface area contributed by atoms with Crippen molar-refractivity contribution in [3.05, 3.63) is 24.0 Å². The molecule has 2 saturated heterocycles. The molecule has 0 spiro atoms. The second-order valence-electron chi connectivity index (χ2n) is 7.58. The molecule has 2 aliphatic heterocycles. The third kappa shape index (κ3) is 2.99. The van der Waals surface area contributed by atoms with Crippen LogP contribution in [0, 0.1) is 11.7 Å². The van der Waals surface area contributed by atoms with Gasteiger partial charge in [0, 0.05) is 30.9 Å². The fourth-order valence-electron chi connectivity index (χ4n) is 4.73. The Kier molecular flexibility index (Phi) is 4.46. The molecule has 4 amide bonds. The number of nitrogens with zero attached hydrogens (tertiary/aromatic N) is 2. The molecule has 3 unspecified atom stereocenters. The van der Waals surface area contributed by atoms with E-state index in [1.165, 1.54) is 25.0 Å². The van der Waals surface area contributed by atoms with Gasteiger partial charge in [-0.15, -0.1) is 0 Å². The number of carbonyl (C=O) groups excluding carboxylic acids is 2. The lowest BCUT2D eigenvalue weighted by atomic mass is 9.85. The number of anilines is 2. The zero-order chi connectivity index (χ0) is 18.3. The van der Waals surface area contributed by atoms with Gasteiger partial charge in [-0.05, 0) is 50.3 Å². The average molecular weight is 360 g/mol. The molecule has 6 nitrogen and oxygen atoms in total. The first kappa shape index (κ1) is 17.1. The maximum atomic E-state index is 14.3. The van der Waals surface area contributed by atoms with Gasteiger partial charge in [0.25, 0.3) is 0 Å². The summed E-state index contributed by atoms with van der Waals surface area (Å²) in [6, 6.07) is 4.38. The van der Waals surface area contributed by atoms with Crippen molar-refractivity contribution in [2.24, 2.45) is 5.92 Å². The highest BCUT2D eigenvalue weighted by Crippen LogP contribution is 2.40. The summed E-state index contributed by atoms with van der Waals surface area (Å²) in [5.41, 5.74) is 0.709. The second kappa shape index (κ2) is 6.78. The van der Waals surface area contributed by atoms with Crippen molar-refractivity contribution in [2.45, 2.75) is 51.1 Å². The molecule has 7 heteroatoms. The van der Waals surface area contributed by atoms with E-state index in [0.29, 0.717) is 24.7 Å². The molecule has 4 rings (SSSR count). The highest BCUT2D eigenvalue weighted by molar-refractivity contribution is 5.96. The molecule has 3 fully saturated rings. The van der Waals surface area contributed by atoms with Crippen LogP contribution in [0.1, 0.15) is 39.0 Å². The van der Waals surface area contributed by atoms with Gasteiger partial charge in [-0.2, -0.15) is 0 Å². The Labute approximate surface area is 152 Å². The molecule has 2 heterocycles. The second-order valence-corrected chi connectivity index (χ2v) is 7.58. The number of nitrogens with one attached hydrogen (secondary N) is 2. The Bertz CT molecular complexity index is 725. The van der Waals surface area contributed by atoms with Gasteiger partial charge in [0.2, 0.25) is 0 Å². The third-order valence-electron chi connectivity index (χ3n) is 5.94. The van der Waals surface area contributed by atoms with Gasteiger partial charge in [0.1, 0.15) is 5.82 Å². The van der Waals surface area contributed by atoms with Crippen molar-refractivity contribution in [2.75, 3.05) is 23.3 Å². The molecule has 0 bridgehead atoms. The summed E-state index contributed by atoms with van der Waals surface area (Å²) < 4.78 is 14.3. The molecule has 1 saturated carbocycles. The molecular formula is C19H25FN4O2. The largest absolute Gasteiger partial charge is 0.336 e. The molecule has 3 atom stereocenters. The smallest absolute Gasteiger partial charge is 0.322 e. The predicted octanol–water partition coefficient (Wildman–Crippen LogP) is 3.54. The first-order valence-corrected chi connectivity index (χ1v) is 9.49. The van der Waals surface area contributed by atoms with E-state index in [9.17, 15) is 14.0 Å². The molecule has 2 N–H and O–H groups in total. The van der Waals surface area contributed by atoms with E-state index in [1.54, 1.807) is 11.0 Å². The normalized spacial score (nSPS) is 28.1. The lowest BCUT2D eigenvalue weighted by Gasteiger charge is -2.33. The Morgan fingerprint density at radius 2 is 2.12 bits per heavy atom. The quantitative estimate of drug-likeness (QED) is 0.847. The van der Waals surface area contributed by atoms with Gasteiger partial charge < -0.3 is 15.5 Å². The number of hydrogen-bond donors (Lipinski definition) is 2. The van der Waals surface area contributed by atoms with Crippen LogP contribution in [0.3, 0.4) is 0 Å². The van der Waals surface area contributed by atoms with Crippen molar-refractivity contribution < 1.29 is 14.0 Å². The van der Waals surface area contributed by atoms with E-state index in [1.807, 2.05) is 4.90 Å². The van der Waals surface area contributed by atoms with Crippen molar-refractivity contribution in [3.8, 4) is 0 Å². The van der Waals surface area contributed by atoms with E-state index in [-0.39, 0.29) is 29.8 Å². The topological polar surface area (TPSA) is 64.7 Å². The van der Waals surface area contributed by atoms with Gasteiger partial charge in [0.05, 0.1) is 5.69 Å². The highest BCUT2D eigenvalue weighted by Gasteiger charge is 2.42. The lowest BCUT2D eigenvalue weighted by Crippen LogP contribution is -2.44. The summed E-state index contributed by atoms with van der Waals surface area (Å²) in [6.07, 6.45) is 5.60. The molecule has 1 aliphatic carbocycles. The summed E-state index contributed by atoms with van der Waals surface area (Å²) in [5, 5.41) is 5.47. The summed E-state index contributed by atoms with van der Waals surface area (Å²) >= 11 is 0. The summed E-state index contributed by atoms with van der Waals surface area (Å²) in [5.74, 6) is 0.0720. The molecule has 3 aliphatic rings. The highest BCUT2D eigenvalue weighted by atomic mass is 19.1. The van der Waals surface area contributed by atoms with Gasteiger partial charge in [0.15, 0.2) is 0 Å². The van der Waals surface area contributed by atoms with E-state index < -0.39 is 5.82 Å². The number of fused-ring (bicyclic) bond motifs is 1. The van der Waals surface area contributed by atoms with Crippen LogP contribution in [-0.2, 0) is 0 Å². The van der Waals surface area contributed by atoms with E-state index in [0.717, 1.165) is 19.3 Å². The van der Waals surface area contributed by atoms with Gasteiger partial charge >= 0.3 is 12.1 Å². The zero-order valence-corrected chi connectivity index (χ0v) is 15.0. The Morgan fingerprint density at radius 3 is 2.88 bits per heavy atom. The Morgan fingerprint density at radius 1 is 1.31 bits per heavy atom. The maximum Gasteiger partial charge on any atom is 0.322 e. The number of amides is 4.